The van der Waals surface area contributed by atoms with Crippen molar-refractivity contribution in [3.8, 4) is 0 Å². The number of hydrogen-bond acceptors (Lipinski definition) is 4. The van der Waals surface area contributed by atoms with Gasteiger partial charge in [0.15, 0.2) is 0 Å². The van der Waals surface area contributed by atoms with E-state index in [9.17, 15) is 14.4 Å². The Morgan fingerprint density at radius 3 is 2.07 bits per heavy atom. The zero-order valence-corrected chi connectivity index (χ0v) is 16.6. The number of methoxy groups -OCH3 is 1. The van der Waals surface area contributed by atoms with Crippen molar-refractivity contribution in [2.45, 2.75) is 44.6 Å². The molecule has 3 rings (SSSR count). The molecule has 0 atom stereocenters. The summed E-state index contributed by atoms with van der Waals surface area (Å²) >= 11 is 0. The Morgan fingerprint density at radius 1 is 0.828 bits per heavy atom. The highest BCUT2D eigenvalue weighted by molar-refractivity contribution is 6.05. The molecule has 2 aromatic carbocycles. The van der Waals surface area contributed by atoms with Crippen LogP contribution in [0, 0.1) is 0 Å². The predicted octanol–water partition coefficient (Wildman–Crippen LogP) is 4.18. The van der Waals surface area contributed by atoms with Crippen LogP contribution < -0.4 is 10.6 Å². The first kappa shape index (κ1) is 20.6. The lowest BCUT2D eigenvalue weighted by molar-refractivity contribution is 0.0600. The molecule has 0 bridgehead atoms. The molecule has 1 saturated carbocycles. The van der Waals surface area contributed by atoms with Crippen LogP contribution in [-0.4, -0.2) is 30.9 Å². The second kappa shape index (κ2) is 9.87. The van der Waals surface area contributed by atoms with Gasteiger partial charge in [-0.25, -0.2) is 4.79 Å². The SMILES string of the molecule is COC(=O)c1cccc(NC(=O)c2ccc(C(=O)NC3CCCCCC3)cc2)c1. The van der Waals surface area contributed by atoms with Gasteiger partial charge in [0, 0.05) is 22.9 Å². The van der Waals surface area contributed by atoms with Gasteiger partial charge in [-0.3, -0.25) is 9.59 Å². The third-order valence-corrected chi connectivity index (χ3v) is 5.14. The molecule has 0 heterocycles. The van der Waals surface area contributed by atoms with Gasteiger partial charge in [0.1, 0.15) is 0 Å². The molecule has 1 aliphatic rings. The van der Waals surface area contributed by atoms with E-state index in [0.717, 1.165) is 25.7 Å². The normalized spacial score (nSPS) is 14.5. The monoisotopic (exact) mass is 394 g/mol. The summed E-state index contributed by atoms with van der Waals surface area (Å²) in [6.07, 6.45) is 6.83. The van der Waals surface area contributed by atoms with E-state index in [1.54, 1.807) is 48.5 Å². The molecule has 6 heteroatoms. The number of nitrogens with one attached hydrogen (secondary N) is 2. The average molecular weight is 394 g/mol. The lowest BCUT2D eigenvalue weighted by atomic mass is 10.1. The Hall–Kier alpha value is -3.15. The highest BCUT2D eigenvalue weighted by Crippen LogP contribution is 2.18. The van der Waals surface area contributed by atoms with Gasteiger partial charge in [0.05, 0.1) is 12.7 Å². The number of hydrogen-bond donors (Lipinski definition) is 2. The number of amides is 2. The second-order valence-electron chi connectivity index (χ2n) is 7.27. The van der Waals surface area contributed by atoms with E-state index in [2.05, 4.69) is 15.4 Å². The molecule has 6 nitrogen and oxygen atoms in total. The van der Waals surface area contributed by atoms with E-state index < -0.39 is 5.97 Å². The molecule has 1 fully saturated rings. The van der Waals surface area contributed by atoms with Crippen molar-refractivity contribution in [2.24, 2.45) is 0 Å². The number of anilines is 1. The van der Waals surface area contributed by atoms with Gasteiger partial charge in [0.25, 0.3) is 11.8 Å². The Bertz CT molecular complexity index is 869. The van der Waals surface area contributed by atoms with Gasteiger partial charge >= 0.3 is 5.97 Å². The smallest absolute Gasteiger partial charge is 0.337 e. The maximum absolute atomic E-state index is 12.5. The molecule has 2 aromatic rings. The van der Waals surface area contributed by atoms with E-state index in [-0.39, 0.29) is 17.9 Å². The lowest BCUT2D eigenvalue weighted by Gasteiger charge is -2.16. The summed E-state index contributed by atoms with van der Waals surface area (Å²) < 4.78 is 4.69. The van der Waals surface area contributed by atoms with Crippen molar-refractivity contribution < 1.29 is 19.1 Å². The first-order valence-corrected chi connectivity index (χ1v) is 9.97. The summed E-state index contributed by atoms with van der Waals surface area (Å²) in [4.78, 5) is 36.6. The molecule has 2 amide bonds. The van der Waals surface area contributed by atoms with Crippen molar-refractivity contribution in [1.29, 1.82) is 0 Å². The summed E-state index contributed by atoms with van der Waals surface area (Å²) in [6.45, 7) is 0. The number of ether oxygens (including phenoxy) is 1. The molecular weight excluding hydrogens is 368 g/mol. The first-order chi connectivity index (χ1) is 14.1. The molecule has 0 aliphatic heterocycles. The minimum Gasteiger partial charge on any atom is -0.465 e. The van der Waals surface area contributed by atoms with Gasteiger partial charge in [-0.05, 0) is 55.3 Å². The molecule has 1 aliphatic carbocycles. The molecular formula is C23H26N2O4. The summed E-state index contributed by atoms with van der Waals surface area (Å²) in [5.74, 6) is -0.887. The Morgan fingerprint density at radius 2 is 1.45 bits per heavy atom. The second-order valence-corrected chi connectivity index (χ2v) is 7.27. The third kappa shape index (κ3) is 5.67. The fraction of sp³-hybridized carbons (Fsp3) is 0.348. The quantitative estimate of drug-likeness (QED) is 0.589. The molecule has 0 saturated heterocycles. The van der Waals surface area contributed by atoms with Crippen molar-refractivity contribution in [2.75, 3.05) is 12.4 Å². The largest absolute Gasteiger partial charge is 0.465 e. The van der Waals surface area contributed by atoms with E-state index in [0.29, 0.717) is 22.4 Å². The minimum absolute atomic E-state index is 0.102. The van der Waals surface area contributed by atoms with Crippen molar-refractivity contribution in [3.05, 3.63) is 65.2 Å². The van der Waals surface area contributed by atoms with Crippen LogP contribution in [0.3, 0.4) is 0 Å². The van der Waals surface area contributed by atoms with Gasteiger partial charge < -0.3 is 15.4 Å². The molecule has 0 radical (unpaired) electrons. The van der Waals surface area contributed by atoms with Crippen LogP contribution in [0.4, 0.5) is 5.69 Å². The van der Waals surface area contributed by atoms with E-state index >= 15 is 0 Å². The number of rotatable bonds is 5. The number of carbonyl (C=O) groups excluding carboxylic acids is 3. The fourth-order valence-corrected chi connectivity index (χ4v) is 3.51. The van der Waals surface area contributed by atoms with Crippen LogP contribution >= 0.6 is 0 Å². The highest BCUT2D eigenvalue weighted by atomic mass is 16.5. The standard InChI is InChI=1S/C23H26N2O4/c1-29-23(28)18-7-6-10-20(15-18)25-22(27)17-13-11-16(12-14-17)21(26)24-19-8-4-2-3-5-9-19/h6-7,10-15,19H,2-5,8-9H2,1H3,(H,24,26)(H,25,27). The third-order valence-electron chi connectivity index (χ3n) is 5.14. The Balaban J connectivity index is 1.61. The summed E-state index contributed by atoms with van der Waals surface area (Å²) in [5.41, 5.74) is 1.82. The Labute approximate surface area is 170 Å². The predicted molar refractivity (Wildman–Crippen MR) is 111 cm³/mol. The summed E-state index contributed by atoms with van der Waals surface area (Å²) in [7, 11) is 1.31. The molecule has 29 heavy (non-hydrogen) atoms. The maximum atomic E-state index is 12.5. The van der Waals surface area contributed by atoms with E-state index in [1.807, 2.05) is 0 Å². The highest BCUT2D eigenvalue weighted by Gasteiger charge is 2.16. The van der Waals surface area contributed by atoms with Crippen LogP contribution in [0.1, 0.15) is 69.6 Å². The topological polar surface area (TPSA) is 84.5 Å². The Kier molecular flexibility index (Phi) is 7.00. The molecule has 0 unspecified atom stereocenters. The summed E-state index contributed by atoms with van der Waals surface area (Å²) in [5, 5.41) is 5.85. The van der Waals surface area contributed by atoms with Crippen LogP contribution in [-0.2, 0) is 4.74 Å². The first-order valence-electron chi connectivity index (χ1n) is 9.97. The molecule has 152 valence electrons. The van der Waals surface area contributed by atoms with Crippen LogP contribution in [0.5, 0.6) is 0 Å². The maximum Gasteiger partial charge on any atom is 0.337 e. The summed E-state index contributed by atoms with van der Waals surface area (Å²) in [6, 6.07) is 13.3. The van der Waals surface area contributed by atoms with Gasteiger partial charge in [-0.2, -0.15) is 0 Å². The van der Waals surface area contributed by atoms with E-state index in [1.165, 1.54) is 20.0 Å². The van der Waals surface area contributed by atoms with Gasteiger partial charge in [-0.15, -0.1) is 0 Å². The zero-order chi connectivity index (χ0) is 20.6. The van der Waals surface area contributed by atoms with Crippen molar-refractivity contribution in [1.82, 2.24) is 5.32 Å². The van der Waals surface area contributed by atoms with Crippen molar-refractivity contribution in [3.63, 3.8) is 0 Å². The van der Waals surface area contributed by atoms with E-state index in [4.69, 9.17) is 0 Å². The number of carbonyl (C=O) groups is 3. The minimum atomic E-state index is -0.467. The van der Waals surface area contributed by atoms with Crippen LogP contribution in [0.2, 0.25) is 0 Å². The number of esters is 1. The van der Waals surface area contributed by atoms with Gasteiger partial charge in [0.2, 0.25) is 0 Å². The lowest BCUT2D eigenvalue weighted by Crippen LogP contribution is -2.34. The zero-order valence-electron chi connectivity index (χ0n) is 16.6. The van der Waals surface area contributed by atoms with Crippen LogP contribution in [0.25, 0.3) is 0 Å². The number of benzene rings is 2. The average Bonchev–Trinajstić information content (AvgIpc) is 3.02. The molecule has 0 aromatic heterocycles. The van der Waals surface area contributed by atoms with Gasteiger partial charge in [-0.1, -0.05) is 31.7 Å². The van der Waals surface area contributed by atoms with Crippen LogP contribution in [0.15, 0.2) is 48.5 Å². The van der Waals surface area contributed by atoms with Crippen molar-refractivity contribution >= 4 is 23.5 Å². The molecule has 0 spiro atoms. The fourth-order valence-electron chi connectivity index (χ4n) is 3.51. The molecule has 2 N–H and O–H groups in total.